The third kappa shape index (κ3) is 4.09. The molecular weight excluding hydrogens is 406 g/mol. The van der Waals surface area contributed by atoms with Gasteiger partial charge < -0.3 is 9.47 Å². The highest BCUT2D eigenvalue weighted by atomic mass is 16.5. The molecule has 7 nitrogen and oxygen atoms in total. The standard InChI is InChI=1S/C25H23N3O4/c1-16-6-4-8-19-25(16)26-15-28(19)24-9-5-7-18(27-24)21(30)12-11-20(29)17-10-13-22(31-2)23(14-17)32-3/h4-10,13-15H,11-12H2,1-3H3. The van der Waals surface area contributed by atoms with Crippen LogP contribution in [0.15, 0.2) is 60.9 Å². The molecule has 0 aliphatic rings. The average molecular weight is 429 g/mol. The Morgan fingerprint density at radius 2 is 1.66 bits per heavy atom. The smallest absolute Gasteiger partial charge is 0.181 e. The van der Waals surface area contributed by atoms with Crippen molar-refractivity contribution in [1.82, 2.24) is 14.5 Å². The van der Waals surface area contributed by atoms with Gasteiger partial charge in [-0.3, -0.25) is 14.2 Å². The van der Waals surface area contributed by atoms with E-state index >= 15 is 0 Å². The Hall–Kier alpha value is -4.00. The molecule has 162 valence electrons. The molecule has 7 heteroatoms. The van der Waals surface area contributed by atoms with E-state index in [1.165, 1.54) is 14.2 Å². The lowest BCUT2D eigenvalue weighted by atomic mass is 10.0. The number of imidazole rings is 1. The normalized spacial score (nSPS) is 10.8. The van der Waals surface area contributed by atoms with Crippen LogP contribution in [0.25, 0.3) is 16.9 Å². The fraction of sp³-hybridized carbons (Fsp3) is 0.200. The number of benzene rings is 2. The number of nitrogens with zero attached hydrogens (tertiary/aromatic N) is 3. The number of aryl methyl sites for hydroxylation is 1. The first-order chi connectivity index (χ1) is 15.5. The van der Waals surface area contributed by atoms with Crippen LogP contribution < -0.4 is 9.47 Å². The molecule has 0 fully saturated rings. The molecule has 0 N–H and O–H groups in total. The van der Waals surface area contributed by atoms with Gasteiger partial charge >= 0.3 is 0 Å². The Bertz CT molecular complexity index is 1310. The van der Waals surface area contributed by atoms with E-state index in [9.17, 15) is 9.59 Å². The number of Topliss-reactive ketones (excluding diaryl/α,β-unsaturated/α-hetero) is 2. The lowest BCUT2D eigenvalue weighted by Crippen LogP contribution is -2.08. The van der Waals surface area contributed by atoms with Gasteiger partial charge in [-0.05, 0) is 48.9 Å². The van der Waals surface area contributed by atoms with Gasteiger partial charge in [0.1, 0.15) is 17.8 Å². The average Bonchev–Trinajstić information content (AvgIpc) is 3.27. The molecule has 0 spiro atoms. The number of para-hydroxylation sites is 1. The number of methoxy groups -OCH3 is 2. The highest BCUT2D eigenvalue weighted by Gasteiger charge is 2.15. The van der Waals surface area contributed by atoms with Crippen LogP contribution >= 0.6 is 0 Å². The van der Waals surface area contributed by atoms with E-state index in [0.29, 0.717) is 28.6 Å². The van der Waals surface area contributed by atoms with Crippen molar-refractivity contribution >= 4 is 22.6 Å². The molecule has 2 aromatic carbocycles. The number of aromatic nitrogens is 3. The molecule has 0 unspecified atom stereocenters. The monoisotopic (exact) mass is 429 g/mol. The highest BCUT2D eigenvalue weighted by Crippen LogP contribution is 2.28. The molecule has 0 atom stereocenters. The first-order valence-electron chi connectivity index (χ1n) is 10.2. The van der Waals surface area contributed by atoms with E-state index in [0.717, 1.165) is 16.6 Å². The van der Waals surface area contributed by atoms with E-state index in [4.69, 9.17) is 9.47 Å². The second-order valence-corrected chi connectivity index (χ2v) is 7.35. The summed E-state index contributed by atoms with van der Waals surface area (Å²) in [5.41, 5.74) is 3.67. The van der Waals surface area contributed by atoms with E-state index in [1.54, 1.807) is 36.7 Å². The van der Waals surface area contributed by atoms with Gasteiger partial charge in [0.15, 0.2) is 23.1 Å². The van der Waals surface area contributed by atoms with Gasteiger partial charge in [-0.1, -0.05) is 18.2 Å². The van der Waals surface area contributed by atoms with Gasteiger partial charge in [0, 0.05) is 18.4 Å². The number of hydrogen-bond donors (Lipinski definition) is 0. The zero-order chi connectivity index (χ0) is 22.7. The van der Waals surface area contributed by atoms with E-state index in [-0.39, 0.29) is 24.4 Å². The number of rotatable bonds is 8. The summed E-state index contributed by atoms with van der Waals surface area (Å²) in [5, 5.41) is 0. The van der Waals surface area contributed by atoms with Gasteiger partial charge in [-0.25, -0.2) is 9.97 Å². The van der Waals surface area contributed by atoms with Gasteiger partial charge in [0.2, 0.25) is 0 Å². The third-order valence-electron chi connectivity index (χ3n) is 5.33. The fourth-order valence-corrected chi connectivity index (χ4v) is 3.59. The maximum atomic E-state index is 12.8. The summed E-state index contributed by atoms with van der Waals surface area (Å²) >= 11 is 0. The van der Waals surface area contributed by atoms with E-state index in [1.807, 2.05) is 35.8 Å². The zero-order valence-corrected chi connectivity index (χ0v) is 18.2. The summed E-state index contributed by atoms with van der Waals surface area (Å²) in [4.78, 5) is 34.3. The molecule has 0 saturated heterocycles. The van der Waals surface area contributed by atoms with Gasteiger partial charge in [-0.15, -0.1) is 0 Å². The third-order valence-corrected chi connectivity index (χ3v) is 5.33. The summed E-state index contributed by atoms with van der Waals surface area (Å²) < 4.78 is 12.3. The van der Waals surface area contributed by atoms with Gasteiger partial charge in [0.25, 0.3) is 0 Å². The molecule has 0 radical (unpaired) electrons. The van der Waals surface area contributed by atoms with Gasteiger partial charge in [-0.2, -0.15) is 0 Å². The van der Waals surface area contributed by atoms with E-state index < -0.39 is 0 Å². The molecule has 0 amide bonds. The summed E-state index contributed by atoms with van der Waals surface area (Å²) in [6, 6.07) is 16.2. The van der Waals surface area contributed by atoms with Crippen molar-refractivity contribution in [1.29, 1.82) is 0 Å². The summed E-state index contributed by atoms with van der Waals surface area (Å²) in [5.74, 6) is 1.29. The molecular formula is C25H23N3O4. The summed E-state index contributed by atoms with van der Waals surface area (Å²) in [7, 11) is 3.05. The maximum Gasteiger partial charge on any atom is 0.181 e. The minimum Gasteiger partial charge on any atom is -0.493 e. The van der Waals surface area contributed by atoms with Crippen LogP contribution in [0.1, 0.15) is 39.3 Å². The molecule has 0 aliphatic heterocycles. The number of fused-ring (bicyclic) bond motifs is 1. The van der Waals surface area contributed by atoms with Crippen molar-refractivity contribution in [2.75, 3.05) is 14.2 Å². The van der Waals surface area contributed by atoms with Crippen LogP contribution in [-0.4, -0.2) is 40.3 Å². The predicted octanol–water partition coefficient (Wildman–Crippen LogP) is 4.59. The topological polar surface area (TPSA) is 83.3 Å². The first-order valence-corrected chi connectivity index (χ1v) is 10.2. The van der Waals surface area contributed by atoms with Crippen molar-refractivity contribution in [3.8, 4) is 17.3 Å². The Kier molecular flexibility index (Phi) is 5.98. The van der Waals surface area contributed by atoms with Crippen LogP contribution in [0.4, 0.5) is 0 Å². The van der Waals surface area contributed by atoms with Crippen molar-refractivity contribution in [3.05, 3.63) is 77.7 Å². The number of carbonyl (C=O) groups excluding carboxylic acids is 2. The lowest BCUT2D eigenvalue weighted by molar-refractivity contribution is 0.0915. The predicted molar refractivity (Wildman–Crippen MR) is 121 cm³/mol. The lowest BCUT2D eigenvalue weighted by Gasteiger charge is -2.09. The van der Waals surface area contributed by atoms with Crippen LogP contribution in [0.5, 0.6) is 11.5 Å². The number of ketones is 2. The summed E-state index contributed by atoms with van der Waals surface area (Å²) in [6.07, 6.45) is 1.84. The molecule has 4 aromatic rings. The van der Waals surface area contributed by atoms with E-state index in [2.05, 4.69) is 9.97 Å². The second-order valence-electron chi connectivity index (χ2n) is 7.35. The maximum absolute atomic E-state index is 12.8. The quantitative estimate of drug-likeness (QED) is 0.381. The van der Waals surface area contributed by atoms with Crippen LogP contribution in [0, 0.1) is 6.92 Å². The number of carbonyl (C=O) groups is 2. The van der Waals surface area contributed by atoms with Gasteiger partial charge in [0.05, 0.1) is 25.3 Å². The number of pyridine rings is 1. The molecule has 0 saturated carbocycles. The highest BCUT2D eigenvalue weighted by molar-refractivity contribution is 6.01. The summed E-state index contributed by atoms with van der Waals surface area (Å²) in [6.45, 7) is 2.00. The van der Waals surface area contributed by atoms with Crippen LogP contribution in [0.2, 0.25) is 0 Å². The Morgan fingerprint density at radius 3 is 2.44 bits per heavy atom. The molecule has 4 rings (SSSR count). The number of ether oxygens (including phenoxy) is 2. The largest absolute Gasteiger partial charge is 0.493 e. The second kappa shape index (κ2) is 9.01. The van der Waals surface area contributed by atoms with Crippen molar-refractivity contribution in [2.24, 2.45) is 0 Å². The number of hydrogen-bond acceptors (Lipinski definition) is 6. The molecule has 2 aromatic heterocycles. The minimum atomic E-state index is -0.193. The zero-order valence-electron chi connectivity index (χ0n) is 18.2. The van der Waals surface area contributed by atoms with Crippen LogP contribution in [-0.2, 0) is 0 Å². The Labute approximate surface area is 185 Å². The van der Waals surface area contributed by atoms with Crippen molar-refractivity contribution in [3.63, 3.8) is 0 Å². The van der Waals surface area contributed by atoms with Crippen molar-refractivity contribution in [2.45, 2.75) is 19.8 Å². The molecule has 32 heavy (non-hydrogen) atoms. The molecule has 0 aliphatic carbocycles. The Balaban J connectivity index is 1.50. The van der Waals surface area contributed by atoms with Crippen molar-refractivity contribution < 1.29 is 19.1 Å². The Morgan fingerprint density at radius 1 is 0.906 bits per heavy atom. The van der Waals surface area contributed by atoms with Crippen LogP contribution in [0.3, 0.4) is 0 Å². The first kappa shape index (κ1) is 21.2. The molecule has 2 heterocycles. The SMILES string of the molecule is COc1ccc(C(=O)CCC(=O)c2cccc(-n3cnc4c(C)cccc43)n2)cc1OC. The molecule has 0 bridgehead atoms. The fourth-order valence-electron chi connectivity index (χ4n) is 3.59. The minimum absolute atomic E-state index is 0.0629.